The summed E-state index contributed by atoms with van der Waals surface area (Å²) in [6.45, 7) is 7.80. The van der Waals surface area contributed by atoms with E-state index in [9.17, 15) is 8.42 Å². The largest absolute Gasteiger partial charge is 0.495 e. The Morgan fingerprint density at radius 2 is 1.82 bits per heavy atom. The summed E-state index contributed by atoms with van der Waals surface area (Å²) in [6, 6.07) is 10.3. The number of nitrogens with one attached hydrogen (secondary N) is 1. The van der Waals surface area contributed by atoms with Crippen LogP contribution in [0.25, 0.3) is 11.4 Å². The third-order valence-corrected chi connectivity index (χ3v) is 5.85. The number of anilines is 1. The van der Waals surface area contributed by atoms with Gasteiger partial charge in [0, 0.05) is 11.3 Å². The maximum atomic E-state index is 13.1. The number of nitrogens with zero attached hydrogens (tertiary/aromatic N) is 4. The Balaban J connectivity index is 2.06. The van der Waals surface area contributed by atoms with Gasteiger partial charge in [-0.25, -0.2) is 13.1 Å². The monoisotopic (exact) mass is 401 g/mol. The second kappa shape index (κ2) is 7.59. The standard InChI is InChI=1S/C19H23N5O3S/c1-12(2)24-19(20-22-23-24)15-7-9-17(27-5)18(11-15)28(25,26)21-16-8-6-13(3)14(4)10-16/h6-12,21H,1-5H3. The predicted molar refractivity (Wildman–Crippen MR) is 107 cm³/mol. The molecule has 0 radical (unpaired) electrons. The fourth-order valence-corrected chi connectivity index (χ4v) is 4.02. The van der Waals surface area contributed by atoms with E-state index in [-0.39, 0.29) is 16.7 Å². The maximum Gasteiger partial charge on any atom is 0.265 e. The van der Waals surface area contributed by atoms with E-state index in [2.05, 4.69) is 20.2 Å². The van der Waals surface area contributed by atoms with Gasteiger partial charge in [0.1, 0.15) is 10.6 Å². The van der Waals surface area contributed by atoms with Crippen molar-refractivity contribution in [2.24, 2.45) is 0 Å². The number of aromatic nitrogens is 4. The smallest absolute Gasteiger partial charge is 0.265 e. The normalized spacial score (nSPS) is 11.6. The second-order valence-corrected chi connectivity index (χ2v) is 8.46. The van der Waals surface area contributed by atoms with Gasteiger partial charge in [-0.05, 0) is 79.6 Å². The van der Waals surface area contributed by atoms with E-state index >= 15 is 0 Å². The first-order chi connectivity index (χ1) is 13.2. The molecule has 9 heteroatoms. The van der Waals surface area contributed by atoms with Gasteiger partial charge in [0.15, 0.2) is 5.82 Å². The minimum absolute atomic E-state index is 0.0176. The van der Waals surface area contributed by atoms with Gasteiger partial charge in [-0.2, -0.15) is 0 Å². The number of methoxy groups -OCH3 is 1. The lowest BCUT2D eigenvalue weighted by Crippen LogP contribution is -2.15. The maximum absolute atomic E-state index is 13.1. The van der Waals surface area contributed by atoms with Gasteiger partial charge >= 0.3 is 0 Å². The Morgan fingerprint density at radius 3 is 2.46 bits per heavy atom. The van der Waals surface area contributed by atoms with Crippen molar-refractivity contribution in [3.05, 3.63) is 47.5 Å². The number of ether oxygens (including phenoxy) is 1. The molecule has 3 rings (SSSR count). The molecule has 148 valence electrons. The van der Waals surface area contributed by atoms with E-state index < -0.39 is 10.0 Å². The molecule has 1 N–H and O–H groups in total. The fourth-order valence-electron chi connectivity index (χ4n) is 2.77. The number of rotatable bonds is 6. The Bertz CT molecular complexity index is 1110. The molecule has 0 aliphatic rings. The minimum atomic E-state index is -3.89. The zero-order valence-corrected chi connectivity index (χ0v) is 17.3. The summed E-state index contributed by atoms with van der Waals surface area (Å²) in [5.74, 6) is 0.726. The SMILES string of the molecule is COc1ccc(-c2nnnn2C(C)C)cc1S(=O)(=O)Nc1ccc(C)c(C)c1. The van der Waals surface area contributed by atoms with Crippen molar-refractivity contribution in [2.45, 2.75) is 38.6 Å². The molecule has 0 amide bonds. The summed E-state index contributed by atoms with van der Waals surface area (Å²) < 4.78 is 35.7. The Labute approximate surface area is 164 Å². The Morgan fingerprint density at radius 1 is 1.07 bits per heavy atom. The van der Waals surface area contributed by atoms with Crippen LogP contribution in [-0.2, 0) is 10.0 Å². The van der Waals surface area contributed by atoms with Crippen LogP contribution in [0.5, 0.6) is 5.75 Å². The van der Waals surface area contributed by atoms with Crippen molar-refractivity contribution < 1.29 is 13.2 Å². The lowest BCUT2D eigenvalue weighted by molar-refractivity contribution is 0.403. The Hall–Kier alpha value is -2.94. The third-order valence-electron chi connectivity index (χ3n) is 4.45. The van der Waals surface area contributed by atoms with Crippen LogP contribution in [0.15, 0.2) is 41.3 Å². The quantitative estimate of drug-likeness (QED) is 0.680. The van der Waals surface area contributed by atoms with E-state index in [1.54, 1.807) is 28.9 Å². The average Bonchev–Trinajstić information content (AvgIpc) is 3.14. The van der Waals surface area contributed by atoms with Gasteiger partial charge < -0.3 is 4.74 Å². The van der Waals surface area contributed by atoms with Crippen molar-refractivity contribution in [3.63, 3.8) is 0 Å². The van der Waals surface area contributed by atoms with Crippen LogP contribution < -0.4 is 9.46 Å². The molecule has 1 heterocycles. The number of sulfonamides is 1. The molecule has 1 aromatic heterocycles. The van der Waals surface area contributed by atoms with Crippen molar-refractivity contribution in [1.82, 2.24) is 20.2 Å². The van der Waals surface area contributed by atoms with Crippen molar-refractivity contribution in [1.29, 1.82) is 0 Å². The summed E-state index contributed by atoms with van der Waals surface area (Å²) >= 11 is 0. The summed E-state index contributed by atoms with van der Waals surface area (Å²) in [6.07, 6.45) is 0. The number of benzene rings is 2. The molecule has 0 saturated carbocycles. The molecule has 0 atom stereocenters. The van der Waals surface area contributed by atoms with Crippen LogP contribution in [-0.4, -0.2) is 35.7 Å². The van der Waals surface area contributed by atoms with E-state index in [0.29, 0.717) is 17.1 Å². The molecule has 28 heavy (non-hydrogen) atoms. The van der Waals surface area contributed by atoms with E-state index in [4.69, 9.17) is 4.74 Å². The van der Waals surface area contributed by atoms with Crippen LogP contribution >= 0.6 is 0 Å². The van der Waals surface area contributed by atoms with Gasteiger partial charge in [-0.15, -0.1) is 5.10 Å². The zero-order valence-electron chi connectivity index (χ0n) is 16.5. The first-order valence-electron chi connectivity index (χ1n) is 8.79. The number of hydrogen-bond acceptors (Lipinski definition) is 6. The first-order valence-corrected chi connectivity index (χ1v) is 10.3. The van der Waals surface area contributed by atoms with Crippen molar-refractivity contribution in [3.8, 4) is 17.1 Å². The summed E-state index contributed by atoms with van der Waals surface area (Å²) in [5, 5.41) is 11.7. The van der Waals surface area contributed by atoms with Gasteiger partial charge in [0.2, 0.25) is 0 Å². The molecule has 0 saturated heterocycles. The molecule has 2 aromatic carbocycles. The highest BCUT2D eigenvalue weighted by Crippen LogP contribution is 2.31. The van der Waals surface area contributed by atoms with E-state index in [0.717, 1.165) is 11.1 Å². The summed E-state index contributed by atoms with van der Waals surface area (Å²) in [5.41, 5.74) is 3.16. The molecular formula is C19H23N5O3S. The van der Waals surface area contributed by atoms with Crippen LogP contribution in [0, 0.1) is 13.8 Å². The van der Waals surface area contributed by atoms with E-state index in [1.165, 1.54) is 13.2 Å². The molecule has 0 fully saturated rings. The number of aryl methyl sites for hydroxylation is 2. The lowest BCUT2D eigenvalue weighted by Gasteiger charge is -2.14. The number of hydrogen-bond donors (Lipinski definition) is 1. The molecule has 0 unspecified atom stereocenters. The predicted octanol–water partition coefficient (Wildman–Crippen LogP) is 3.35. The van der Waals surface area contributed by atoms with Crippen LogP contribution in [0.2, 0.25) is 0 Å². The third kappa shape index (κ3) is 3.84. The molecule has 0 bridgehead atoms. The van der Waals surface area contributed by atoms with Gasteiger partial charge in [0.25, 0.3) is 10.0 Å². The van der Waals surface area contributed by atoms with Crippen molar-refractivity contribution >= 4 is 15.7 Å². The summed E-state index contributed by atoms with van der Waals surface area (Å²) in [7, 11) is -2.45. The lowest BCUT2D eigenvalue weighted by atomic mass is 10.1. The van der Waals surface area contributed by atoms with Crippen molar-refractivity contribution in [2.75, 3.05) is 11.8 Å². The highest BCUT2D eigenvalue weighted by molar-refractivity contribution is 7.92. The first kappa shape index (κ1) is 19.8. The van der Waals surface area contributed by atoms with Gasteiger partial charge in [0.05, 0.1) is 13.2 Å². The number of tetrazole rings is 1. The topological polar surface area (TPSA) is 99.0 Å². The molecule has 3 aromatic rings. The van der Waals surface area contributed by atoms with Crippen LogP contribution in [0.4, 0.5) is 5.69 Å². The second-order valence-electron chi connectivity index (χ2n) is 6.81. The molecule has 0 aliphatic carbocycles. The van der Waals surface area contributed by atoms with Gasteiger partial charge in [-0.3, -0.25) is 4.72 Å². The Kier molecular flexibility index (Phi) is 5.37. The molecule has 0 spiro atoms. The van der Waals surface area contributed by atoms with Crippen LogP contribution in [0.3, 0.4) is 0 Å². The molecule has 0 aliphatic heterocycles. The highest BCUT2D eigenvalue weighted by Gasteiger charge is 2.23. The van der Waals surface area contributed by atoms with Gasteiger partial charge in [-0.1, -0.05) is 6.07 Å². The highest BCUT2D eigenvalue weighted by atomic mass is 32.2. The molecular weight excluding hydrogens is 378 g/mol. The summed E-state index contributed by atoms with van der Waals surface area (Å²) in [4.78, 5) is 0.0176. The minimum Gasteiger partial charge on any atom is -0.495 e. The fraction of sp³-hybridized carbons (Fsp3) is 0.316. The average molecular weight is 401 g/mol. The zero-order chi connectivity index (χ0) is 20.5. The van der Waals surface area contributed by atoms with E-state index in [1.807, 2.05) is 33.8 Å². The molecule has 8 nitrogen and oxygen atoms in total. The van der Waals surface area contributed by atoms with Crippen LogP contribution in [0.1, 0.15) is 31.0 Å².